The lowest BCUT2D eigenvalue weighted by atomic mass is 9.96. The van der Waals surface area contributed by atoms with Crippen molar-refractivity contribution in [1.82, 2.24) is 14.5 Å². The zero-order valence-electron chi connectivity index (χ0n) is 26.9. The highest BCUT2D eigenvalue weighted by molar-refractivity contribution is 6.36. The van der Waals surface area contributed by atoms with Gasteiger partial charge in [-0.05, 0) is 84.9 Å². The van der Waals surface area contributed by atoms with Crippen LogP contribution in [0.25, 0.3) is 11.1 Å². The summed E-state index contributed by atoms with van der Waals surface area (Å²) in [4.78, 5) is 20.4. The van der Waals surface area contributed by atoms with Gasteiger partial charge in [0.15, 0.2) is 5.82 Å². The molecule has 7 nitrogen and oxygen atoms in total. The molecule has 4 aromatic rings. The summed E-state index contributed by atoms with van der Waals surface area (Å²) < 4.78 is 23.6. The molecule has 3 aromatic carbocycles. The molecule has 3 aliphatic rings. The molecule has 1 saturated carbocycles. The summed E-state index contributed by atoms with van der Waals surface area (Å²) in [7, 11) is 1.86. The standard InChI is InChI=1S/C37H39Cl2FN4O3/c1-4-22-27(21-11-12-21)17-32(34(39)35(22)40)47-31-14-13-24-23(7-5-8-25(24)31)26-9-6-10-28(33(26)38)42-37(46)36-41-29-18-44(20(2)19-45)16-15-30(29)43(36)3/h5-10,17,20-21,31,45H,4,11-16,18-19H2,1-3H3,(H,42,46). The second kappa shape index (κ2) is 12.9. The maximum atomic E-state index is 15.3. The van der Waals surface area contributed by atoms with Crippen molar-refractivity contribution < 1.29 is 19.0 Å². The van der Waals surface area contributed by atoms with Crippen molar-refractivity contribution in [2.45, 2.75) is 77.0 Å². The van der Waals surface area contributed by atoms with Gasteiger partial charge in [-0.3, -0.25) is 9.69 Å². The van der Waals surface area contributed by atoms with Gasteiger partial charge in [-0.2, -0.15) is 0 Å². The number of amides is 1. The van der Waals surface area contributed by atoms with Crippen molar-refractivity contribution in [2.24, 2.45) is 7.05 Å². The first kappa shape index (κ1) is 32.1. The summed E-state index contributed by atoms with van der Waals surface area (Å²) in [6.45, 7) is 5.40. The van der Waals surface area contributed by atoms with Gasteiger partial charge in [0.1, 0.15) is 22.7 Å². The van der Waals surface area contributed by atoms with Crippen LogP contribution in [0.2, 0.25) is 10.0 Å². The van der Waals surface area contributed by atoms with Crippen LogP contribution in [-0.2, 0) is 32.9 Å². The number of aliphatic hydroxyl groups is 1. The summed E-state index contributed by atoms with van der Waals surface area (Å²) in [6.07, 6.45) is 4.70. The molecule has 1 amide bonds. The highest BCUT2D eigenvalue weighted by Crippen LogP contribution is 2.48. The fourth-order valence-electron chi connectivity index (χ4n) is 7.26. The van der Waals surface area contributed by atoms with Crippen LogP contribution in [0.4, 0.5) is 10.1 Å². The van der Waals surface area contributed by atoms with E-state index in [0.717, 1.165) is 77.9 Å². The minimum Gasteiger partial charge on any atom is -0.484 e. The summed E-state index contributed by atoms with van der Waals surface area (Å²) >= 11 is 13.5. The number of nitrogens with one attached hydrogen (secondary N) is 1. The number of benzene rings is 3. The minimum absolute atomic E-state index is 0.0265. The maximum Gasteiger partial charge on any atom is 0.291 e. The number of carbonyl (C=O) groups excluding carboxylic acids is 1. The topological polar surface area (TPSA) is 79.6 Å². The number of hydrogen-bond acceptors (Lipinski definition) is 5. The second-order valence-electron chi connectivity index (χ2n) is 13.0. The average Bonchev–Trinajstić information content (AvgIpc) is 3.77. The highest BCUT2D eigenvalue weighted by atomic mass is 35.5. The second-order valence-corrected chi connectivity index (χ2v) is 13.7. The molecule has 47 heavy (non-hydrogen) atoms. The SMILES string of the molecule is CCc1c(C2CC2)cc(OC2CCc3c(-c4cccc(NC(=O)c5nc6c(n5C)CCN(C(C)CO)C6)c4Cl)cccc32)c(Cl)c1F. The van der Waals surface area contributed by atoms with Crippen molar-refractivity contribution in [3.63, 3.8) is 0 Å². The van der Waals surface area contributed by atoms with E-state index in [0.29, 0.717) is 46.7 Å². The molecule has 0 spiro atoms. The summed E-state index contributed by atoms with van der Waals surface area (Å²) in [6, 6.07) is 13.7. The Labute approximate surface area is 284 Å². The van der Waals surface area contributed by atoms with Crippen LogP contribution in [0.3, 0.4) is 0 Å². The zero-order chi connectivity index (χ0) is 33.0. The summed E-state index contributed by atoms with van der Waals surface area (Å²) in [5.41, 5.74) is 8.02. The summed E-state index contributed by atoms with van der Waals surface area (Å²) in [5.74, 6) is 0.405. The molecule has 1 fully saturated rings. The van der Waals surface area contributed by atoms with Crippen molar-refractivity contribution >= 4 is 34.8 Å². The van der Waals surface area contributed by atoms with Gasteiger partial charge in [0.2, 0.25) is 0 Å². The number of ether oxygens (including phenoxy) is 1. The Bertz CT molecular complexity index is 1870. The Hall–Kier alpha value is -3.43. The number of halogens is 3. The molecule has 2 atom stereocenters. The Kier molecular flexibility index (Phi) is 8.81. The molecule has 0 bridgehead atoms. The lowest BCUT2D eigenvalue weighted by molar-refractivity contribution is 0.101. The first-order valence-corrected chi connectivity index (χ1v) is 17.2. The van der Waals surface area contributed by atoms with Gasteiger partial charge in [-0.1, -0.05) is 60.5 Å². The van der Waals surface area contributed by atoms with Crippen LogP contribution in [0.5, 0.6) is 5.75 Å². The van der Waals surface area contributed by atoms with Gasteiger partial charge in [-0.15, -0.1) is 0 Å². The lowest BCUT2D eigenvalue weighted by Crippen LogP contribution is -2.39. The Morgan fingerprint density at radius 2 is 1.87 bits per heavy atom. The molecule has 1 aliphatic heterocycles. The molecule has 2 N–H and O–H groups in total. The van der Waals surface area contributed by atoms with Gasteiger partial charge >= 0.3 is 0 Å². The molecular weight excluding hydrogens is 638 g/mol. The van der Waals surface area contributed by atoms with Crippen molar-refractivity contribution in [3.8, 4) is 16.9 Å². The van der Waals surface area contributed by atoms with Gasteiger partial charge in [0, 0.05) is 43.9 Å². The monoisotopic (exact) mass is 676 g/mol. The first-order chi connectivity index (χ1) is 22.7. The fourth-order valence-corrected chi connectivity index (χ4v) is 7.75. The number of carbonyl (C=O) groups is 1. The molecule has 1 aromatic heterocycles. The number of hydrogen-bond donors (Lipinski definition) is 2. The van der Waals surface area contributed by atoms with E-state index in [2.05, 4.69) is 10.2 Å². The van der Waals surface area contributed by atoms with E-state index < -0.39 is 0 Å². The van der Waals surface area contributed by atoms with Crippen molar-refractivity contribution in [1.29, 1.82) is 0 Å². The van der Waals surface area contributed by atoms with E-state index >= 15 is 4.39 Å². The van der Waals surface area contributed by atoms with E-state index in [1.54, 1.807) is 6.07 Å². The Morgan fingerprint density at radius 3 is 2.62 bits per heavy atom. The molecule has 0 radical (unpaired) electrons. The number of nitrogens with zero attached hydrogens (tertiary/aromatic N) is 3. The van der Waals surface area contributed by atoms with Gasteiger partial charge in [0.25, 0.3) is 5.91 Å². The number of anilines is 1. The predicted octanol–water partition coefficient (Wildman–Crippen LogP) is 8.03. The van der Waals surface area contributed by atoms with E-state index in [1.165, 1.54) is 0 Å². The molecule has 246 valence electrons. The van der Waals surface area contributed by atoms with E-state index in [4.69, 9.17) is 32.9 Å². The van der Waals surface area contributed by atoms with Gasteiger partial charge in [-0.25, -0.2) is 9.37 Å². The van der Waals surface area contributed by atoms with E-state index in [-0.39, 0.29) is 35.5 Å². The number of imidazole rings is 1. The van der Waals surface area contributed by atoms with Gasteiger partial charge in [0.05, 0.1) is 23.0 Å². The molecule has 2 unspecified atom stereocenters. The van der Waals surface area contributed by atoms with E-state index in [1.807, 2.05) is 61.9 Å². The zero-order valence-corrected chi connectivity index (χ0v) is 28.4. The van der Waals surface area contributed by atoms with Crippen LogP contribution >= 0.6 is 23.2 Å². The molecule has 0 saturated heterocycles. The molecule has 2 aliphatic carbocycles. The van der Waals surface area contributed by atoms with E-state index in [9.17, 15) is 9.90 Å². The minimum atomic E-state index is -0.366. The molecule has 7 rings (SSSR count). The fraction of sp³-hybridized carbons (Fsp3) is 0.405. The quantitative estimate of drug-likeness (QED) is 0.188. The van der Waals surface area contributed by atoms with Crippen LogP contribution in [0.1, 0.15) is 89.4 Å². The van der Waals surface area contributed by atoms with Gasteiger partial charge < -0.3 is 19.7 Å². The molecule has 10 heteroatoms. The normalized spacial score (nSPS) is 18.1. The third-order valence-electron chi connectivity index (χ3n) is 10.1. The smallest absolute Gasteiger partial charge is 0.291 e. The lowest BCUT2D eigenvalue weighted by Gasteiger charge is -2.30. The highest BCUT2D eigenvalue weighted by Gasteiger charge is 2.33. The molecular formula is C37H39Cl2FN4O3. The number of aliphatic hydroxyl groups excluding tert-OH is 1. The largest absolute Gasteiger partial charge is 0.484 e. The van der Waals surface area contributed by atoms with Crippen LogP contribution < -0.4 is 10.1 Å². The third-order valence-corrected chi connectivity index (χ3v) is 10.8. The van der Waals surface area contributed by atoms with Crippen molar-refractivity contribution in [3.05, 3.63) is 97.8 Å². The Morgan fingerprint density at radius 1 is 1.11 bits per heavy atom. The molecule has 2 heterocycles. The first-order valence-electron chi connectivity index (χ1n) is 16.5. The van der Waals surface area contributed by atoms with Crippen molar-refractivity contribution in [2.75, 3.05) is 18.5 Å². The Balaban J connectivity index is 1.14. The average molecular weight is 678 g/mol. The number of aromatic nitrogens is 2. The maximum absolute atomic E-state index is 15.3. The van der Waals surface area contributed by atoms with Crippen LogP contribution in [0, 0.1) is 5.82 Å². The van der Waals surface area contributed by atoms with Crippen LogP contribution in [0.15, 0.2) is 42.5 Å². The predicted molar refractivity (Wildman–Crippen MR) is 183 cm³/mol. The summed E-state index contributed by atoms with van der Waals surface area (Å²) in [5, 5.41) is 13.1. The number of fused-ring (bicyclic) bond motifs is 2. The van der Waals surface area contributed by atoms with Crippen LogP contribution in [-0.4, -0.2) is 44.7 Å². The number of rotatable bonds is 9. The third kappa shape index (κ3) is 5.84.